The molecule has 1 saturated carbocycles. The highest BCUT2D eigenvalue weighted by atomic mass is 16.5. The first-order valence-electron chi connectivity index (χ1n) is 6.35. The second-order valence-corrected chi connectivity index (χ2v) is 4.97. The second kappa shape index (κ2) is 5.38. The van der Waals surface area contributed by atoms with E-state index >= 15 is 0 Å². The van der Waals surface area contributed by atoms with Gasteiger partial charge in [-0.2, -0.15) is 4.98 Å². The highest BCUT2D eigenvalue weighted by Gasteiger charge is 2.40. The van der Waals surface area contributed by atoms with Crippen LogP contribution < -0.4 is 5.32 Å². The lowest BCUT2D eigenvalue weighted by Crippen LogP contribution is -2.44. The van der Waals surface area contributed by atoms with E-state index in [9.17, 15) is 14.7 Å². The van der Waals surface area contributed by atoms with Crippen molar-refractivity contribution in [3.8, 4) is 0 Å². The van der Waals surface area contributed by atoms with Crippen molar-refractivity contribution in [2.75, 3.05) is 6.54 Å². The minimum atomic E-state index is -0.854. The minimum Gasteiger partial charge on any atom is -0.481 e. The Kier molecular flexibility index (Phi) is 3.82. The molecule has 0 unspecified atom stereocenters. The second-order valence-electron chi connectivity index (χ2n) is 4.97. The minimum absolute atomic E-state index is 0.0613. The number of aryl methyl sites for hydroxylation is 1. The van der Waals surface area contributed by atoms with Crippen LogP contribution in [0.5, 0.6) is 0 Å². The van der Waals surface area contributed by atoms with Gasteiger partial charge < -0.3 is 14.9 Å². The number of carbonyl (C=O) groups is 2. The van der Waals surface area contributed by atoms with Gasteiger partial charge in [0.05, 0.1) is 5.41 Å². The number of carboxylic acid groups (broad SMARTS) is 1. The van der Waals surface area contributed by atoms with E-state index in [4.69, 9.17) is 4.52 Å². The average molecular weight is 267 g/mol. The fourth-order valence-corrected chi connectivity index (χ4v) is 2.41. The number of aliphatic carboxylic acids is 1. The summed E-state index contributed by atoms with van der Waals surface area (Å²) in [5.41, 5.74) is -0.854. The van der Waals surface area contributed by atoms with Gasteiger partial charge in [-0.05, 0) is 12.8 Å². The predicted molar refractivity (Wildman–Crippen MR) is 64.5 cm³/mol. The van der Waals surface area contributed by atoms with Crippen LogP contribution in [0.25, 0.3) is 0 Å². The summed E-state index contributed by atoms with van der Waals surface area (Å²) >= 11 is 0. The number of hydrogen-bond donors (Lipinski definition) is 2. The Morgan fingerprint density at radius 3 is 2.58 bits per heavy atom. The normalized spacial score (nSPS) is 17.9. The number of rotatable bonds is 4. The van der Waals surface area contributed by atoms with Gasteiger partial charge in [0.15, 0.2) is 0 Å². The fourth-order valence-electron chi connectivity index (χ4n) is 2.41. The molecule has 104 valence electrons. The van der Waals surface area contributed by atoms with Crippen molar-refractivity contribution in [2.45, 2.75) is 39.0 Å². The van der Waals surface area contributed by atoms with Crippen LogP contribution in [-0.2, 0) is 4.79 Å². The van der Waals surface area contributed by atoms with Crippen molar-refractivity contribution in [3.05, 3.63) is 11.7 Å². The van der Waals surface area contributed by atoms with Crippen LogP contribution in [0, 0.1) is 12.3 Å². The highest BCUT2D eigenvalue weighted by Crippen LogP contribution is 2.36. The molecular weight excluding hydrogens is 250 g/mol. The number of amides is 1. The van der Waals surface area contributed by atoms with Gasteiger partial charge in [0.1, 0.15) is 0 Å². The molecule has 2 N–H and O–H groups in total. The monoisotopic (exact) mass is 267 g/mol. The zero-order chi connectivity index (χ0) is 13.9. The topological polar surface area (TPSA) is 105 Å². The van der Waals surface area contributed by atoms with Crippen molar-refractivity contribution in [1.29, 1.82) is 0 Å². The zero-order valence-corrected chi connectivity index (χ0v) is 10.8. The maximum atomic E-state index is 11.8. The maximum absolute atomic E-state index is 11.8. The van der Waals surface area contributed by atoms with Crippen LogP contribution >= 0.6 is 0 Å². The largest absolute Gasteiger partial charge is 0.481 e. The number of nitrogens with one attached hydrogen (secondary N) is 1. The SMILES string of the molecule is Cc1nc(C(=O)NCC2(C(=O)O)CCCCC2)no1. The molecule has 0 radical (unpaired) electrons. The van der Waals surface area contributed by atoms with E-state index in [1.807, 2.05) is 0 Å². The van der Waals surface area contributed by atoms with Gasteiger partial charge in [0.25, 0.3) is 11.7 Å². The summed E-state index contributed by atoms with van der Waals surface area (Å²) < 4.78 is 4.71. The Hall–Kier alpha value is -1.92. The van der Waals surface area contributed by atoms with Crippen LogP contribution in [0.4, 0.5) is 0 Å². The summed E-state index contributed by atoms with van der Waals surface area (Å²) in [5.74, 6) is -1.11. The van der Waals surface area contributed by atoms with Crippen molar-refractivity contribution in [1.82, 2.24) is 15.5 Å². The third kappa shape index (κ3) is 2.91. The molecule has 0 aliphatic heterocycles. The number of aromatic nitrogens is 2. The summed E-state index contributed by atoms with van der Waals surface area (Å²) in [7, 11) is 0. The molecule has 1 amide bonds. The van der Waals surface area contributed by atoms with E-state index in [0.29, 0.717) is 18.7 Å². The van der Waals surface area contributed by atoms with Crippen molar-refractivity contribution >= 4 is 11.9 Å². The Balaban J connectivity index is 1.99. The molecule has 0 saturated heterocycles. The Morgan fingerprint density at radius 1 is 1.37 bits per heavy atom. The third-order valence-corrected chi connectivity index (χ3v) is 3.58. The lowest BCUT2D eigenvalue weighted by molar-refractivity contribution is -0.150. The molecule has 1 aliphatic carbocycles. The Bertz CT molecular complexity index is 477. The third-order valence-electron chi connectivity index (χ3n) is 3.58. The molecule has 1 fully saturated rings. The van der Waals surface area contributed by atoms with Gasteiger partial charge in [0, 0.05) is 13.5 Å². The number of carboxylic acids is 1. The van der Waals surface area contributed by atoms with Crippen molar-refractivity contribution in [3.63, 3.8) is 0 Å². The van der Waals surface area contributed by atoms with Gasteiger partial charge in [-0.25, -0.2) is 0 Å². The van der Waals surface area contributed by atoms with E-state index in [1.165, 1.54) is 0 Å². The first-order valence-corrected chi connectivity index (χ1v) is 6.35. The molecule has 19 heavy (non-hydrogen) atoms. The van der Waals surface area contributed by atoms with E-state index in [1.54, 1.807) is 6.92 Å². The fraction of sp³-hybridized carbons (Fsp3) is 0.667. The van der Waals surface area contributed by atoms with Gasteiger partial charge in [-0.1, -0.05) is 24.4 Å². The molecular formula is C12H17N3O4. The van der Waals surface area contributed by atoms with Crippen LogP contribution in [-0.4, -0.2) is 33.7 Å². The van der Waals surface area contributed by atoms with Gasteiger partial charge in [-0.15, -0.1) is 0 Å². The lowest BCUT2D eigenvalue weighted by Gasteiger charge is -2.32. The molecule has 0 bridgehead atoms. The zero-order valence-electron chi connectivity index (χ0n) is 10.8. The molecule has 1 aliphatic rings. The maximum Gasteiger partial charge on any atom is 0.311 e. The van der Waals surface area contributed by atoms with E-state index in [-0.39, 0.29) is 12.4 Å². The van der Waals surface area contributed by atoms with Crippen molar-refractivity contribution in [2.24, 2.45) is 5.41 Å². The first-order chi connectivity index (χ1) is 9.03. The molecule has 0 aromatic carbocycles. The van der Waals surface area contributed by atoms with Crippen LogP contribution in [0.2, 0.25) is 0 Å². The van der Waals surface area contributed by atoms with Gasteiger partial charge in [-0.3, -0.25) is 9.59 Å². The summed E-state index contributed by atoms with van der Waals surface area (Å²) in [6.07, 6.45) is 3.99. The summed E-state index contributed by atoms with van der Waals surface area (Å²) in [6, 6.07) is 0. The number of hydrogen-bond acceptors (Lipinski definition) is 5. The molecule has 1 aromatic heterocycles. The molecule has 0 spiro atoms. The molecule has 7 nitrogen and oxygen atoms in total. The van der Waals surface area contributed by atoms with Gasteiger partial charge in [0.2, 0.25) is 5.89 Å². The predicted octanol–water partition coefficient (Wildman–Crippen LogP) is 1.14. The standard InChI is InChI=1S/C12H17N3O4/c1-8-14-9(15-19-8)10(16)13-7-12(11(17)18)5-3-2-4-6-12/h2-7H2,1H3,(H,13,16)(H,17,18). The van der Waals surface area contributed by atoms with Crippen LogP contribution in [0.3, 0.4) is 0 Å². The van der Waals surface area contributed by atoms with Crippen LogP contribution in [0.15, 0.2) is 4.52 Å². The molecule has 2 rings (SSSR count). The van der Waals surface area contributed by atoms with Gasteiger partial charge >= 0.3 is 5.97 Å². The first kappa shape index (κ1) is 13.5. The molecule has 1 aromatic rings. The summed E-state index contributed by atoms with van der Waals surface area (Å²) in [5, 5.41) is 15.5. The summed E-state index contributed by atoms with van der Waals surface area (Å²) in [4.78, 5) is 27.0. The van der Waals surface area contributed by atoms with Crippen LogP contribution in [0.1, 0.15) is 48.6 Å². The number of nitrogens with zero attached hydrogens (tertiary/aromatic N) is 2. The number of carbonyl (C=O) groups excluding carboxylic acids is 1. The van der Waals surface area contributed by atoms with Crippen molar-refractivity contribution < 1.29 is 19.2 Å². The smallest absolute Gasteiger partial charge is 0.311 e. The highest BCUT2D eigenvalue weighted by molar-refractivity contribution is 5.90. The lowest BCUT2D eigenvalue weighted by atomic mass is 9.74. The molecule has 0 atom stereocenters. The van der Waals surface area contributed by atoms with E-state index < -0.39 is 17.3 Å². The Morgan fingerprint density at radius 2 is 2.05 bits per heavy atom. The average Bonchev–Trinajstić information content (AvgIpc) is 2.83. The molecule has 7 heteroatoms. The quantitative estimate of drug-likeness (QED) is 0.847. The Labute approximate surface area is 110 Å². The van der Waals surface area contributed by atoms with E-state index in [2.05, 4.69) is 15.5 Å². The summed E-state index contributed by atoms with van der Waals surface area (Å²) in [6.45, 7) is 1.69. The van der Waals surface area contributed by atoms with E-state index in [0.717, 1.165) is 19.3 Å². The molecule has 1 heterocycles.